The average Bonchev–Trinajstić information content (AvgIpc) is 2.45. The van der Waals surface area contributed by atoms with Crippen LogP contribution in [0.3, 0.4) is 0 Å². The van der Waals surface area contributed by atoms with Gasteiger partial charge in [-0.05, 0) is 29.5 Å². The Hall–Kier alpha value is -2.38. The molecule has 0 aliphatic carbocycles. The number of aromatic nitrogens is 3. The highest BCUT2D eigenvalue weighted by molar-refractivity contribution is 7.99. The van der Waals surface area contributed by atoms with Gasteiger partial charge in [-0.2, -0.15) is 0 Å². The molecule has 0 spiro atoms. The summed E-state index contributed by atoms with van der Waals surface area (Å²) in [7, 11) is 0. The Morgan fingerprint density at radius 1 is 0.952 bits per heavy atom. The Labute approximate surface area is 125 Å². The molecule has 0 bridgehead atoms. The lowest BCUT2D eigenvalue weighted by Crippen LogP contribution is -2.03. The van der Waals surface area contributed by atoms with Gasteiger partial charge in [-0.15, -0.1) is 0 Å². The van der Waals surface area contributed by atoms with E-state index in [0.717, 1.165) is 21.5 Å². The first-order chi connectivity index (χ1) is 10.2. The van der Waals surface area contributed by atoms with Crippen LogP contribution in [0.25, 0.3) is 10.9 Å². The minimum Gasteiger partial charge on any atom is -0.383 e. The fourth-order valence-electron chi connectivity index (χ4n) is 1.97. The summed E-state index contributed by atoms with van der Waals surface area (Å²) in [5.74, 6) is 0.667. The van der Waals surface area contributed by atoms with Crippen molar-refractivity contribution in [3.8, 4) is 0 Å². The van der Waals surface area contributed by atoms with E-state index in [1.165, 1.54) is 17.8 Å². The van der Waals surface area contributed by atoms with Gasteiger partial charge in [0.2, 0.25) is 0 Å². The van der Waals surface area contributed by atoms with Crippen molar-refractivity contribution in [2.45, 2.75) is 16.7 Å². The second kappa shape index (κ2) is 5.55. The number of hydrogen-bond acceptors (Lipinski definition) is 7. The van der Waals surface area contributed by atoms with Gasteiger partial charge in [0, 0.05) is 18.0 Å². The molecular formula is C14H14N6S. The molecule has 0 saturated carbocycles. The van der Waals surface area contributed by atoms with E-state index in [0.29, 0.717) is 23.3 Å². The first-order valence-electron chi connectivity index (χ1n) is 6.32. The fourth-order valence-corrected chi connectivity index (χ4v) is 2.86. The Morgan fingerprint density at radius 2 is 1.67 bits per heavy atom. The number of anilines is 2. The third kappa shape index (κ3) is 2.88. The van der Waals surface area contributed by atoms with Gasteiger partial charge in [-0.25, -0.2) is 15.0 Å². The summed E-state index contributed by atoms with van der Waals surface area (Å²) in [6.07, 6.45) is 0. The number of hydrogen-bond donors (Lipinski definition) is 3. The van der Waals surface area contributed by atoms with Gasteiger partial charge >= 0.3 is 0 Å². The molecule has 1 aromatic carbocycles. The number of fused-ring (bicyclic) bond motifs is 1. The summed E-state index contributed by atoms with van der Waals surface area (Å²) in [5.41, 5.74) is 19.0. The second-order valence-electron chi connectivity index (χ2n) is 4.45. The van der Waals surface area contributed by atoms with Crippen LogP contribution in [0, 0.1) is 0 Å². The fraction of sp³-hybridized carbons (Fsp3) is 0.0714. The second-order valence-corrected chi connectivity index (χ2v) is 5.41. The molecule has 3 aromatic rings. The molecule has 7 heteroatoms. The molecule has 0 aliphatic rings. The van der Waals surface area contributed by atoms with E-state index in [2.05, 4.69) is 15.0 Å². The van der Waals surface area contributed by atoms with E-state index in [1.54, 1.807) is 0 Å². The summed E-state index contributed by atoms with van der Waals surface area (Å²) in [6.45, 7) is 0.387. The van der Waals surface area contributed by atoms with Crippen LogP contribution in [0.1, 0.15) is 5.56 Å². The summed E-state index contributed by atoms with van der Waals surface area (Å²) in [5, 5.41) is 2.28. The molecule has 6 nitrogen and oxygen atoms in total. The lowest BCUT2D eigenvalue weighted by molar-refractivity contribution is 0.953. The SMILES string of the molecule is NCc1cc2ccccc2nc1Sc1nc(N)cc(N)n1. The zero-order valence-electron chi connectivity index (χ0n) is 11.2. The number of nitrogens with zero attached hydrogens (tertiary/aromatic N) is 3. The Balaban J connectivity index is 2.06. The smallest absolute Gasteiger partial charge is 0.197 e. The normalized spacial score (nSPS) is 10.9. The molecule has 2 heterocycles. The molecule has 106 valence electrons. The first-order valence-corrected chi connectivity index (χ1v) is 7.14. The minimum atomic E-state index is 0.333. The number of para-hydroxylation sites is 1. The number of nitrogens with two attached hydrogens (primary N) is 3. The molecule has 2 aromatic heterocycles. The van der Waals surface area contributed by atoms with Crippen molar-refractivity contribution in [1.29, 1.82) is 0 Å². The van der Waals surface area contributed by atoms with Crippen LogP contribution in [0.4, 0.5) is 11.6 Å². The van der Waals surface area contributed by atoms with Crippen LogP contribution in [-0.4, -0.2) is 15.0 Å². The number of pyridine rings is 1. The molecule has 0 aliphatic heterocycles. The van der Waals surface area contributed by atoms with Crippen LogP contribution >= 0.6 is 11.8 Å². The van der Waals surface area contributed by atoms with E-state index < -0.39 is 0 Å². The summed E-state index contributed by atoms with van der Waals surface area (Å²) < 4.78 is 0. The average molecular weight is 298 g/mol. The van der Waals surface area contributed by atoms with Crippen molar-refractivity contribution in [1.82, 2.24) is 15.0 Å². The lowest BCUT2D eigenvalue weighted by atomic mass is 10.1. The van der Waals surface area contributed by atoms with Gasteiger partial charge in [0.05, 0.1) is 5.52 Å². The van der Waals surface area contributed by atoms with Gasteiger partial charge in [0.25, 0.3) is 0 Å². The van der Waals surface area contributed by atoms with E-state index in [9.17, 15) is 0 Å². The molecule has 0 fully saturated rings. The van der Waals surface area contributed by atoms with Gasteiger partial charge in [0.1, 0.15) is 16.7 Å². The molecule has 3 rings (SSSR count). The highest BCUT2D eigenvalue weighted by Gasteiger charge is 2.10. The molecule has 0 saturated heterocycles. The zero-order valence-corrected chi connectivity index (χ0v) is 12.0. The number of benzene rings is 1. The standard InChI is InChI=1S/C14H14N6S/c15-7-9-5-8-3-1-2-4-10(8)18-13(9)21-14-19-11(16)6-12(17)20-14/h1-6H,7,15H2,(H4,16,17,19,20). The van der Waals surface area contributed by atoms with Crippen molar-refractivity contribution in [2.75, 3.05) is 11.5 Å². The van der Waals surface area contributed by atoms with Gasteiger partial charge in [-0.3, -0.25) is 0 Å². The van der Waals surface area contributed by atoms with Crippen molar-refractivity contribution < 1.29 is 0 Å². The van der Waals surface area contributed by atoms with Crippen LogP contribution < -0.4 is 17.2 Å². The number of nitrogen functional groups attached to an aromatic ring is 2. The first kappa shape index (κ1) is 13.6. The molecular weight excluding hydrogens is 284 g/mol. The van der Waals surface area contributed by atoms with Crippen LogP contribution in [0.2, 0.25) is 0 Å². The largest absolute Gasteiger partial charge is 0.383 e. The van der Waals surface area contributed by atoms with Crippen molar-refractivity contribution >= 4 is 34.3 Å². The molecule has 6 N–H and O–H groups in total. The highest BCUT2D eigenvalue weighted by Crippen LogP contribution is 2.29. The minimum absolute atomic E-state index is 0.333. The van der Waals surface area contributed by atoms with E-state index in [4.69, 9.17) is 17.2 Å². The van der Waals surface area contributed by atoms with E-state index in [-0.39, 0.29) is 0 Å². The van der Waals surface area contributed by atoms with Crippen molar-refractivity contribution in [3.05, 3.63) is 42.0 Å². The Bertz CT molecular complexity index is 784. The predicted octanol–water partition coefficient (Wildman–Crippen LogP) is 1.80. The van der Waals surface area contributed by atoms with Gasteiger partial charge < -0.3 is 17.2 Å². The molecule has 0 unspecified atom stereocenters. The topological polar surface area (TPSA) is 117 Å². The molecule has 0 radical (unpaired) electrons. The zero-order chi connectivity index (χ0) is 14.8. The third-order valence-corrected chi connectivity index (χ3v) is 3.83. The predicted molar refractivity (Wildman–Crippen MR) is 84.6 cm³/mol. The number of rotatable bonds is 3. The maximum atomic E-state index is 5.81. The summed E-state index contributed by atoms with van der Waals surface area (Å²) in [4.78, 5) is 12.9. The van der Waals surface area contributed by atoms with E-state index >= 15 is 0 Å². The summed E-state index contributed by atoms with van der Waals surface area (Å²) in [6, 6.07) is 11.4. The van der Waals surface area contributed by atoms with Crippen LogP contribution in [0.15, 0.2) is 46.6 Å². The van der Waals surface area contributed by atoms with Gasteiger partial charge in [0.15, 0.2) is 5.16 Å². The molecule has 0 atom stereocenters. The van der Waals surface area contributed by atoms with Crippen LogP contribution in [-0.2, 0) is 6.54 Å². The van der Waals surface area contributed by atoms with Crippen molar-refractivity contribution in [3.63, 3.8) is 0 Å². The lowest BCUT2D eigenvalue weighted by Gasteiger charge is -2.08. The van der Waals surface area contributed by atoms with Crippen molar-refractivity contribution in [2.24, 2.45) is 5.73 Å². The quantitative estimate of drug-likeness (QED) is 0.631. The maximum Gasteiger partial charge on any atom is 0.197 e. The van der Waals surface area contributed by atoms with Crippen LogP contribution in [0.5, 0.6) is 0 Å². The third-order valence-electron chi connectivity index (χ3n) is 2.92. The summed E-state index contributed by atoms with van der Waals surface area (Å²) >= 11 is 1.31. The highest BCUT2D eigenvalue weighted by atomic mass is 32.2. The van der Waals surface area contributed by atoms with E-state index in [1.807, 2.05) is 30.3 Å². The molecule has 21 heavy (non-hydrogen) atoms. The monoisotopic (exact) mass is 298 g/mol. The Morgan fingerprint density at radius 3 is 2.38 bits per heavy atom. The maximum absolute atomic E-state index is 5.81. The Kier molecular flexibility index (Phi) is 3.59. The van der Waals surface area contributed by atoms with Gasteiger partial charge in [-0.1, -0.05) is 18.2 Å². The molecule has 0 amide bonds.